The molecule has 0 radical (unpaired) electrons. The van der Waals surface area contributed by atoms with Gasteiger partial charge in [0.15, 0.2) is 0 Å². The molecule has 1 fully saturated rings. The summed E-state index contributed by atoms with van der Waals surface area (Å²) in [5.41, 5.74) is 1.21. The lowest BCUT2D eigenvalue weighted by atomic mass is 9.86. The van der Waals surface area contributed by atoms with Crippen molar-refractivity contribution in [1.29, 1.82) is 0 Å². The lowest BCUT2D eigenvalue weighted by Gasteiger charge is -2.37. The summed E-state index contributed by atoms with van der Waals surface area (Å²) in [5.74, 6) is 0.106. The van der Waals surface area contributed by atoms with E-state index in [1.54, 1.807) is 0 Å². The van der Waals surface area contributed by atoms with Crippen molar-refractivity contribution in [3.05, 3.63) is 35.9 Å². The molecule has 0 spiro atoms. The van der Waals surface area contributed by atoms with Crippen molar-refractivity contribution < 1.29 is 14.3 Å². The van der Waals surface area contributed by atoms with Gasteiger partial charge in [-0.15, -0.1) is 0 Å². The Morgan fingerprint density at radius 2 is 1.41 bits per heavy atom. The van der Waals surface area contributed by atoms with Crippen molar-refractivity contribution in [2.24, 2.45) is 5.92 Å². The SMILES string of the molecule is CCCCCCCCCCC[C@@H](C[C@@H]1OC(=O)[C@H]1CCCCCC)OCc1ccccc1. The molecular formula is C29H48O3. The van der Waals surface area contributed by atoms with Crippen LogP contribution in [-0.4, -0.2) is 18.2 Å². The van der Waals surface area contributed by atoms with Crippen LogP contribution in [0.3, 0.4) is 0 Å². The summed E-state index contributed by atoms with van der Waals surface area (Å²) >= 11 is 0. The number of carbonyl (C=O) groups is 1. The Bertz CT molecular complexity index is 585. The van der Waals surface area contributed by atoms with Gasteiger partial charge in [0.05, 0.1) is 18.6 Å². The van der Waals surface area contributed by atoms with Gasteiger partial charge >= 0.3 is 5.97 Å². The standard InChI is InChI=1S/C29H48O3/c1-3-5-7-9-10-11-12-13-17-21-26(31-24-25-19-15-14-16-20-25)23-28-27(29(30)32-28)22-18-8-6-4-2/h14-16,19-20,26-28H,3-13,17-18,21-24H2,1-2H3/t26-,27-,28-/m0/s1. The molecule has 1 aromatic rings. The number of esters is 1. The molecule has 1 aliphatic heterocycles. The van der Waals surface area contributed by atoms with Crippen molar-refractivity contribution in [2.75, 3.05) is 0 Å². The van der Waals surface area contributed by atoms with Crippen molar-refractivity contribution in [1.82, 2.24) is 0 Å². The third-order valence-corrected chi connectivity index (χ3v) is 6.84. The van der Waals surface area contributed by atoms with E-state index in [1.807, 2.05) is 6.07 Å². The zero-order valence-electron chi connectivity index (χ0n) is 20.9. The second-order valence-electron chi connectivity index (χ2n) is 9.70. The summed E-state index contributed by atoms with van der Waals surface area (Å²) < 4.78 is 11.9. The molecule has 0 saturated carbocycles. The van der Waals surface area contributed by atoms with Crippen LogP contribution in [0.15, 0.2) is 30.3 Å². The van der Waals surface area contributed by atoms with Crippen LogP contribution in [0.5, 0.6) is 0 Å². The van der Waals surface area contributed by atoms with Gasteiger partial charge in [-0.05, 0) is 18.4 Å². The number of carbonyl (C=O) groups excluding carboxylic acids is 1. The van der Waals surface area contributed by atoms with E-state index in [2.05, 4.69) is 38.1 Å². The van der Waals surface area contributed by atoms with Gasteiger partial charge < -0.3 is 9.47 Å². The van der Waals surface area contributed by atoms with Gasteiger partial charge in [0, 0.05) is 6.42 Å². The van der Waals surface area contributed by atoms with Gasteiger partial charge in [-0.25, -0.2) is 0 Å². The number of cyclic esters (lactones) is 1. The van der Waals surface area contributed by atoms with Crippen LogP contribution in [0.25, 0.3) is 0 Å². The maximum Gasteiger partial charge on any atom is 0.313 e. The first kappa shape index (κ1) is 26.9. The number of unbranched alkanes of at least 4 members (excludes halogenated alkanes) is 11. The highest BCUT2D eigenvalue weighted by molar-refractivity contribution is 5.78. The zero-order valence-corrected chi connectivity index (χ0v) is 20.9. The Hall–Kier alpha value is -1.35. The van der Waals surface area contributed by atoms with Crippen LogP contribution in [0, 0.1) is 5.92 Å². The van der Waals surface area contributed by atoms with Gasteiger partial charge in [-0.3, -0.25) is 4.79 Å². The first-order valence-electron chi connectivity index (χ1n) is 13.6. The molecule has 0 bridgehead atoms. The quantitative estimate of drug-likeness (QED) is 0.150. The fourth-order valence-corrected chi connectivity index (χ4v) is 4.70. The predicted octanol–water partition coefficient (Wildman–Crippen LogP) is 8.39. The molecule has 1 saturated heterocycles. The van der Waals surface area contributed by atoms with Gasteiger partial charge in [0.25, 0.3) is 0 Å². The summed E-state index contributed by atoms with van der Waals surface area (Å²) in [5, 5.41) is 0. The maximum absolute atomic E-state index is 12.0. The lowest BCUT2D eigenvalue weighted by molar-refractivity contribution is -0.190. The van der Waals surface area contributed by atoms with Crippen molar-refractivity contribution >= 4 is 5.97 Å². The topological polar surface area (TPSA) is 35.5 Å². The van der Waals surface area contributed by atoms with Crippen LogP contribution in [-0.2, 0) is 20.9 Å². The van der Waals surface area contributed by atoms with Gasteiger partial charge in [0.2, 0.25) is 0 Å². The highest BCUT2D eigenvalue weighted by Crippen LogP contribution is 2.32. The van der Waals surface area contributed by atoms with E-state index in [9.17, 15) is 4.79 Å². The molecule has 182 valence electrons. The molecule has 0 unspecified atom stereocenters. The molecule has 0 aromatic heterocycles. The molecule has 2 rings (SSSR count). The first-order chi connectivity index (χ1) is 15.7. The summed E-state index contributed by atoms with van der Waals surface area (Å²) in [4.78, 5) is 12.0. The molecule has 32 heavy (non-hydrogen) atoms. The molecule has 3 atom stereocenters. The molecule has 3 heteroatoms. The summed E-state index contributed by atoms with van der Waals surface area (Å²) in [6.07, 6.45) is 20.0. The normalized spacial score (nSPS) is 18.9. The number of hydrogen-bond donors (Lipinski definition) is 0. The number of rotatable bonds is 20. The molecular weight excluding hydrogens is 396 g/mol. The van der Waals surface area contributed by atoms with Crippen molar-refractivity contribution in [3.8, 4) is 0 Å². The molecule has 0 amide bonds. The van der Waals surface area contributed by atoms with Crippen LogP contribution in [0.2, 0.25) is 0 Å². The van der Waals surface area contributed by atoms with Crippen molar-refractivity contribution in [3.63, 3.8) is 0 Å². The van der Waals surface area contributed by atoms with E-state index in [0.29, 0.717) is 6.61 Å². The predicted molar refractivity (Wildman–Crippen MR) is 134 cm³/mol. The van der Waals surface area contributed by atoms with Crippen molar-refractivity contribution in [2.45, 2.75) is 135 Å². The zero-order chi connectivity index (χ0) is 22.9. The van der Waals surface area contributed by atoms with E-state index in [1.165, 1.54) is 82.6 Å². The van der Waals surface area contributed by atoms with Crippen LogP contribution >= 0.6 is 0 Å². The Labute approximate surface area is 197 Å². The fraction of sp³-hybridized carbons (Fsp3) is 0.759. The monoisotopic (exact) mass is 444 g/mol. The van der Waals surface area contributed by atoms with Gasteiger partial charge in [0.1, 0.15) is 6.10 Å². The van der Waals surface area contributed by atoms with Crippen LogP contribution < -0.4 is 0 Å². The number of benzene rings is 1. The minimum absolute atomic E-state index is 0.0105. The maximum atomic E-state index is 12.0. The van der Waals surface area contributed by atoms with Gasteiger partial charge in [-0.2, -0.15) is 0 Å². The van der Waals surface area contributed by atoms with E-state index >= 15 is 0 Å². The lowest BCUT2D eigenvalue weighted by Crippen LogP contribution is -2.47. The summed E-state index contributed by atoms with van der Waals surface area (Å²) in [6.45, 7) is 5.14. The third-order valence-electron chi connectivity index (χ3n) is 6.84. The Morgan fingerprint density at radius 1 is 0.812 bits per heavy atom. The smallest absolute Gasteiger partial charge is 0.313 e. The highest BCUT2D eigenvalue weighted by Gasteiger charge is 2.42. The van der Waals surface area contributed by atoms with E-state index in [-0.39, 0.29) is 24.1 Å². The first-order valence-corrected chi connectivity index (χ1v) is 13.6. The minimum atomic E-state index is 0.0105. The second-order valence-corrected chi connectivity index (χ2v) is 9.70. The minimum Gasteiger partial charge on any atom is -0.461 e. The average molecular weight is 445 g/mol. The van der Waals surface area contributed by atoms with Gasteiger partial charge in [-0.1, -0.05) is 128 Å². The summed E-state index contributed by atoms with van der Waals surface area (Å²) in [7, 11) is 0. The molecule has 1 heterocycles. The van der Waals surface area contributed by atoms with E-state index < -0.39 is 0 Å². The Balaban J connectivity index is 1.72. The number of ether oxygens (including phenoxy) is 2. The van der Waals surface area contributed by atoms with E-state index in [4.69, 9.17) is 9.47 Å². The van der Waals surface area contributed by atoms with Crippen LogP contribution in [0.4, 0.5) is 0 Å². The number of hydrogen-bond acceptors (Lipinski definition) is 3. The largest absolute Gasteiger partial charge is 0.461 e. The Kier molecular flexibility index (Phi) is 14.4. The third kappa shape index (κ3) is 11.0. The fourth-order valence-electron chi connectivity index (χ4n) is 4.70. The average Bonchev–Trinajstić information content (AvgIpc) is 2.81. The summed E-state index contributed by atoms with van der Waals surface area (Å²) in [6, 6.07) is 10.4. The van der Waals surface area contributed by atoms with E-state index in [0.717, 1.165) is 25.7 Å². The molecule has 0 N–H and O–H groups in total. The molecule has 1 aliphatic rings. The highest BCUT2D eigenvalue weighted by atomic mass is 16.6. The molecule has 3 nitrogen and oxygen atoms in total. The second kappa shape index (κ2) is 17.2. The molecule has 1 aromatic carbocycles. The molecule has 0 aliphatic carbocycles. The Morgan fingerprint density at radius 3 is 2.03 bits per heavy atom. The van der Waals surface area contributed by atoms with Crippen LogP contribution in [0.1, 0.15) is 122 Å².